The van der Waals surface area contributed by atoms with Gasteiger partial charge in [-0.25, -0.2) is 13.2 Å². The van der Waals surface area contributed by atoms with Crippen LogP contribution in [-0.2, 0) is 0 Å². The van der Waals surface area contributed by atoms with Crippen LogP contribution in [0.25, 0.3) is 0 Å². The van der Waals surface area contributed by atoms with Crippen molar-refractivity contribution < 1.29 is 13.2 Å². The molecule has 0 aromatic rings. The topological polar surface area (TPSA) is 0 Å². The third-order valence-corrected chi connectivity index (χ3v) is 5.13. The zero-order valence-corrected chi connectivity index (χ0v) is 19.7. The zero-order chi connectivity index (χ0) is 24.8. The number of rotatable bonds is 16. The fourth-order valence-corrected chi connectivity index (χ4v) is 2.67. The van der Waals surface area contributed by atoms with Crippen LogP contribution < -0.4 is 0 Å². The summed E-state index contributed by atoms with van der Waals surface area (Å²) in [6, 6.07) is 0. The van der Waals surface area contributed by atoms with E-state index in [1.165, 1.54) is 18.2 Å². The standard InChI is InChI=1S/C29H37F3/c1-10-12-14-16-23(6)28(31)29(32)26(9)22(5)18-17-20(3)24(7)19-27(30)25(8)21(4)15-13-11-2/h10,17-19,21H,1,3,5-9,11-16H2,2,4H3/b18-17-,27-19+,29-28-. The molecular weight excluding hydrogens is 405 g/mol. The average Bonchev–Trinajstić information content (AvgIpc) is 2.78. The summed E-state index contributed by atoms with van der Waals surface area (Å²) in [4.78, 5) is 0. The molecule has 0 rings (SSSR count). The average molecular weight is 443 g/mol. The van der Waals surface area contributed by atoms with Crippen LogP contribution in [0.2, 0.25) is 0 Å². The van der Waals surface area contributed by atoms with Gasteiger partial charge in [-0.1, -0.05) is 84.4 Å². The molecule has 1 unspecified atom stereocenters. The molecule has 0 aromatic heterocycles. The van der Waals surface area contributed by atoms with Crippen molar-refractivity contribution in [2.24, 2.45) is 5.92 Å². The molecule has 0 N–H and O–H groups in total. The van der Waals surface area contributed by atoms with Gasteiger partial charge in [0.05, 0.1) is 0 Å². The van der Waals surface area contributed by atoms with Crippen molar-refractivity contribution in [3.05, 3.63) is 121 Å². The molecule has 174 valence electrons. The van der Waals surface area contributed by atoms with Crippen molar-refractivity contribution in [2.45, 2.75) is 52.4 Å². The quantitative estimate of drug-likeness (QED) is 0.127. The Kier molecular flexibility index (Phi) is 13.7. The molecule has 0 nitrogen and oxygen atoms in total. The Morgan fingerprint density at radius 2 is 1.44 bits per heavy atom. The number of unbranched alkanes of at least 4 members (excludes halogenated alkanes) is 2. The van der Waals surface area contributed by atoms with Crippen LogP contribution in [0.15, 0.2) is 121 Å². The predicted molar refractivity (Wildman–Crippen MR) is 135 cm³/mol. The predicted octanol–water partition coefficient (Wildman–Crippen LogP) is 10.1. The van der Waals surface area contributed by atoms with Gasteiger partial charge in [0.2, 0.25) is 0 Å². The lowest BCUT2D eigenvalue weighted by atomic mass is 9.94. The summed E-state index contributed by atoms with van der Waals surface area (Å²) >= 11 is 0. The van der Waals surface area contributed by atoms with E-state index in [1.54, 1.807) is 6.08 Å². The molecule has 0 fully saturated rings. The Balaban J connectivity index is 5.13. The summed E-state index contributed by atoms with van der Waals surface area (Å²) in [6.07, 6.45) is 10.5. The first-order valence-electron chi connectivity index (χ1n) is 10.8. The van der Waals surface area contributed by atoms with Crippen molar-refractivity contribution in [1.29, 1.82) is 0 Å². The maximum absolute atomic E-state index is 14.5. The van der Waals surface area contributed by atoms with Crippen molar-refractivity contribution in [2.75, 3.05) is 0 Å². The highest BCUT2D eigenvalue weighted by molar-refractivity contribution is 5.53. The largest absolute Gasteiger partial charge is 0.207 e. The number of allylic oxidation sites excluding steroid dienone is 13. The molecule has 1 atom stereocenters. The van der Waals surface area contributed by atoms with E-state index in [1.807, 2.05) is 6.92 Å². The Bertz CT molecular complexity index is 859. The van der Waals surface area contributed by atoms with Gasteiger partial charge >= 0.3 is 0 Å². The Hall–Kier alpha value is -2.81. The lowest BCUT2D eigenvalue weighted by Gasteiger charge is -2.13. The van der Waals surface area contributed by atoms with Crippen molar-refractivity contribution in [1.82, 2.24) is 0 Å². The van der Waals surface area contributed by atoms with E-state index in [0.717, 1.165) is 19.3 Å². The number of hydrogen-bond acceptors (Lipinski definition) is 0. The Morgan fingerprint density at radius 1 is 0.844 bits per heavy atom. The van der Waals surface area contributed by atoms with Crippen molar-refractivity contribution in [3.63, 3.8) is 0 Å². The highest BCUT2D eigenvalue weighted by Crippen LogP contribution is 2.29. The first-order chi connectivity index (χ1) is 15.0. The maximum Gasteiger partial charge on any atom is 0.166 e. The minimum absolute atomic E-state index is 0.0297. The van der Waals surface area contributed by atoms with Gasteiger partial charge in [-0.3, -0.25) is 0 Å². The summed E-state index contributed by atoms with van der Waals surface area (Å²) in [5.41, 5.74) is 1.20. The van der Waals surface area contributed by atoms with Gasteiger partial charge < -0.3 is 0 Å². The lowest BCUT2D eigenvalue weighted by molar-refractivity contribution is 0.538. The summed E-state index contributed by atoms with van der Waals surface area (Å²) in [5.74, 6) is -2.54. The molecule has 32 heavy (non-hydrogen) atoms. The fraction of sp³-hybridized carbons (Fsp3) is 0.310. The molecular formula is C29H37F3. The Morgan fingerprint density at radius 3 is 2.00 bits per heavy atom. The van der Waals surface area contributed by atoms with E-state index in [9.17, 15) is 13.2 Å². The zero-order valence-electron chi connectivity index (χ0n) is 19.7. The second kappa shape index (κ2) is 15.1. The second-order valence-corrected chi connectivity index (χ2v) is 7.86. The van der Waals surface area contributed by atoms with E-state index in [-0.39, 0.29) is 22.6 Å². The van der Waals surface area contributed by atoms with Crippen LogP contribution in [0.5, 0.6) is 0 Å². The first-order valence-corrected chi connectivity index (χ1v) is 10.8. The summed E-state index contributed by atoms with van der Waals surface area (Å²) in [5, 5.41) is 0. The molecule has 0 bridgehead atoms. The molecule has 0 spiro atoms. The van der Waals surface area contributed by atoms with Gasteiger partial charge in [-0.15, -0.1) is 6.58 Å². The van der Waals surface area contributed by atoms with Gasteiger partial charge in [0.25, 0.3) is 0 Å². The molecule has 0 aliphatic heterocycles. The van der Waals surface area contributed by atoms with Gasteiger partial charge in [-0.2, -0.15) is 0 Å². The van der Waals surface area contributed by atoms with E-state index < -0.39 is 17.5 Å². The monoisotopic (exact) mass is 442 g/mol. The van der Waals surface area contributed by atoms with E-state index in [4.69, 9.17) is 0 Å². The van der Waals surface area contributed by atoms with Gasteiger partial charge in [0, 0.05) is 5.57 Å². The SMILES string of the molecule is C=CCCCC(=C)/C(F)=C(/F)C(=C)C(=C)/C=C\C(=C)C(=C)/C=C(/F)C(=C)C(C)CCCC. The molecule has 0 saturated carbocycles. The van der Waals surface area contributed by atoms with E-state index in [0.29, 0.717) is 36.0 Å². The number of hydrogen-bond donors (Lipinski definition) is 0. The van der Waals surface area contributed by atoms with Gasteiger partial charge in [0.1, 0.15) is 5.83 Å². The molecule has 3 heteroatoms. The Labute approximate surface area is 193 Å². The lowest BCUT2D eigenvalue weighted by Crippen LogP contribution is -1.99. The molecule has 0 aliphatic rings. The third kappa shape index (κ3) is 10.00. The fourth-order valence-electron chi connectivity index (χ4n) is 2.67. The number of halogens is 3. The van der Waals surface area contributed by atoms with Crippen LogP contribution in [0.4, 0.5) is 13.2 Å². The smallest absolute Gasteiger partial charge is 0.166 e. The maximum atomic E-state index is 14.5. The van der Waals surface area contributed by atoms with Crippen LogP contribution in [-0.4, -0.2) is 0 Å². The summed E-state index contributed by atoms with van der Waals surface area (Å²) in [6.45, 7) is 30.0. The molecule has 0 aliphatic carbocycles. The van der Waals surface area contributed by atoms with Crippen molar-refractivity contribution >= 4 is 0 Å². The van der Waals surface area contributed by atoms with Crippen LogP contribution >= 0.6 is 0 Å². The van der Waals surface area contributed by atoms with Crippen LogP contribution in [0.1, 0.15) is 52.4 Å². The minimum atomic E-state index is -1.10. The van der Waals surface area contributed by atoms with Crippen LogP contribution in [0, 0.1) is 5.92 Å². The summed E-state index contributed by atoms with van der Waals surface area (Å²) < 4.78 is 43.2. The second-order valence-electron chi connectivity index (χ2n) is 7.86. The highest BCUT2D eigenvalue weighted by atomic mass is 19.2. The van der Waals surface area contributed by atoms with Gasteiger partial charge in [-0.05, 0) is 65.5 Å². The first kappa shape index (κ1) is 29.2. The van der Waals surface area contributed by atoms with E-state index >= 15 is 0 Å². The van der Waals surface area contributed by atoms with Crippen LogP contribution in [0.3, 0.4) is 0 Å². The summed E-state index contributed by atoms with van der Waals surface area (Å²) in [7, 11) is 0. The third-order valence-electron chi connectivity index (χ3n) is 5.13. The molecule has 0 saturated heterocycles. The van der Waals surface area contributed by atoms with E-state index in [2.05, 4.69) is 53.0 Å². The van der Waals surface area contributed by atoms with Crippen molar-refractivity contribution in [3.8, 4) is 0 Å². The highest BCUT2D eigenvalue weighted by Gasteiger charge is 2.15. The minimum Gasteiger partial charge on any atom is -0.207 e. The molecule has 0 aromatic carbocycles. The molecule has 0 heterocycles. The molecule has 0 radical (unpaired) electrons. The molecule has 0 amide bonds. The normalized spacial score (nSPS) is 13.3. The van der Waals surface area contributed by atoms with Gasteiger partial charge in [0.15, 0.2) is 11.7 Å².